The Kier molecular flexibility index (Phi) is 8.06. The van der Waals surface area contributed by atoms with Gasteiger partial charge < -0.3 is 13.0 Å². The van der Waals surface area contributed by atoms with Crippen LogP contribution in [0.5, 0.6) is 0 Å². The van der Waals surface area contributed by atoms with Gasteiger partial charge in [0.1, 0.15) is 15.5 Å². The Morgan fingerprint density at radius 3 is 2.42 bits per heavy atom. The maximum absolute atomic E-state index is 11.3. The van der Waals surface area contributed by atoms with Gasteiger partial charge in [0.25, 0.3) is 0 Å². The van der Waals surface area contributed by atoms with Crippen LogP contribution < -0.4 is 0 Å². The Balaban J connectivity index is 4.46. The van der Waals surface area contributed by atoms with Gasteiger partial charge in [0.2, 0.25) is 8.32 Å². The van der Waals surface area contributed by atoms with E-state index in [-0.39, 0.29) is 5.73 Å². The van der Waals surface area contributed by atoms with Crippen molar-refractivity contribution in [1.29, 1.82) is 0 Å². The molecule has 0 bridgehead atoms. The lowest BCUT2D eigenvalue weighted by atomic mass is 10.6. The molecule has 0 N–H and O–H groups in total. The lowest BCUT2D eigenvalue weighted by Gasteiger charge is -2.36. The molecule has 0 amide bonds. The fourth-order valence-corrected chi connectivity index (χ4v) is 11.3. The molecule has 0 aromatic rings. The molecular formula is C12H28O4Si3. The monoisotopic (exact) mass is 320 g/mol. The van der Waals surface area contributed by atoms with Crippen LogP contribution in [0.2, 0.25) is 32.2 Å². The van der Waals surface area contributed by atoms with E-state index in [9.17, 15) is 4.79 Å². The lowest BCUT2D eigenvalue weighted by molar-refractivity contribution is -0.139. The van der Waals surface area contributed by atoms with Crippen molar-refractivity contribution in [3.63, 3.8) is 0 Å². The first-order valence-electron chi connectivity index (χ1n) is 6.82. The van der Waals surface area contributed by atoms with Gasteiger partial charge in [-0.3, -0.25) is 0 Å². The summed E-state index contributed by atoms with van der Waals surface area (Å²) in [5, 5.41) is 0. The quantitative estimate of drug-likeness (QED) is 0.283. The molecule has 0 heterocycles. The second kappa shape index (κ2) is 8.15. The van der Waals surface area contributed by atoms with Crippen LogP contribution in [0.1, 0.15) is 20.3 Å². The number of hydrogen-bond acceptors (Lipinski definition) is 4. The zero-order valence-corrected chi connectivity index (χ0v) is 16.5. The van der Waals surface area contributed by atoms with Crippen molar-refractivity contribution in [1.82, 2.24) is 0 Å². The zero-order valence-electron chi connectivity index (χ0n) is 13.1. The van der Waals surface area contributed by atoms with Crippen LogP contribution in [-0.4, -0.2) is 38.3 Å². The summed E-state index contributed by atoms with van der Waals surface area (Å²) >= 11 is 0. The molecule has 1 atom stereocenters. The molecule has 0 aliphatic carbocycles. The number of rotatable bonds is 9. The van der Waals surface area contributed by atoms with Crippen LogP contribution in [0.4, 0.5) is 0 Å². The van der Waals surface area contributed by atoms with Gasteiger partial charge in [0, 0.05) is 6.08 Å². The first kappa shape index (κ1) is 18.8. The van der Waals surface area contributed by atoms with Gasteiger partial charge in [-0.25, -0.2) is 4.79 Å². The third kappa shape index (κ3) is 7.83. The minimum Gasteiger partial charge on any atom is -0.460 e. The molecule has 0 saturated carbocycles. The molecule has 0 saturated heterocycles. The summed E-state index contributed by atoms with van der Waals surface area (Å²) in [6, 6.07) is 1.18. The van der Waals surface area contributed by atoms with E-state index in [1.165, 1.54) is 18.5 Å². The van der Waals surface area contributed by atoms with Crippen molar-refractivity contribution in [2.45, 2.75) is 58.2 Å². The van der Waals surface area contributed by atoms with Crippen molar-refractivity contribution in [3.8, 4) is 0 Å². The largest absolute Gasteiger partial charge is 0.460 e. The number of hydrogen-bond donors (Lipinski definition) is 0. The Morgan fingerprint density at radius 2 is 1.95 bits per heavy atom. The molecule has 7 heteroatoms. The van der Waals surface area contributed by atoms with Crippen LogP contribution in [0.15, 0.2) is 12.7 Å². The van der Waals surface area contributed by atoms with Gasteiger partial charge >= 0.3 is 14.5 Å². The second-order valence-electron chi connectivity index (χ2n) is 5.59. The normalized spacial score (nSPS) is 14.6. The second-order valence-corrected chi connectivity index (χ2v) is 15.5. The molecular weight excluding hydrogens is 292 g/mol. The average Bonchev–Trinajstić information content (AvgIpc) is 2.27. The highest BCUT2D eigenvalue weighted by Crippen LogP contribution is 2.20. The first-order chi connectivity index (χ1) is 8.64. The van der Waals surface area contributed by atoms with E-state index < -0.39 is 32.6 Å². The maximum Gasteiger partial charge on any atom is 0.330 e. The van der Waals surface area contributed by atoms with E-state index in [4.69, 9.17) is 13.0 Å². The van der Waals surface area contributed by atoms with Crippen molar-refractivity contribution >= 4 is 32.6 Å². The minimum absolute atomic E-state index is 0.207. The topological polar surface area (TPSA) is 44.8 Å². The maximum atomic E-state index is 11.3. The highest BCUT2D eigenvalue weighted by atomic mass is 28.5. The van der Waals surface area contributed by atoms with Crippen LogP contribution in [-0.2, 0) is 17.8 Å². The van der Waals surface area contributed by atoms with Gasteiger partial charge in [0.15, 0.2) is 0 Å². The van der Waals surface area contributed by atoms with Crippen molar-refractivity contribution < 1.29 is 17.8 Å². The van der Waals surface area contributed by atoms with Gasteiger partial charge in [-0.1, -0.05) is 19.9 Å². The third-order valence-electron chi connectivity index (χ3n) is 2.90. The summed E-state index contributed by atoms with van der Waals surface area (Å²) in [4.78, 5) is 11.3. The molecule has 0 spiro atoms. The Morgan fingerprint density at radius 1 is 1.37 bits per heavy atom. The van der Waals surface area contributed by atoms with Crippen molar-refractivity contribution in [2.24, 2.45) is 0 Å². The SMILES string of the molecule is C=CC(=O)OC(C)[Si](C)(C)O[Si](C)(C)O[SiH2]CCC. The van der Waals surface area contributed by atoms with Crippen LogP contribution in [0, 0.1) is 0 Å². The molecule has 0 aliphatic rings. The third-order valence-corrected chi connectivity index (χ3v) is 13.6. The highest BCUT2D eigenvalue weighted by Gasteiger charge is 2.40. The number of ether oxygens (including phenoxy) is 1. The first-order valence-corrected chi connectivity index (χ1v) is 14.2. The molecule has 112 valence electrons. The molecule has 4 nitrogen and oxygen atoms in total. The predicted molar refractivity (Wildman–Crippen MR) is 86.5 cm³/mol. The Bertz CT molecular complexity index is 305. The van der Waals surface area contributed by atoms with Gasteiger partial charge in [-0.15, -0.1) is 0 Å². The summed E-state index contributed by atoms with van der Waals surface area (Å²) < 4.78 is 17.6. The Labute approximate surface area is 121 Å². The molecule has 1 unspecified atom stereocenters. The van der Waals surface area contributed by atoms with Crippen molar-refractivity contribution in [2.75, 3.05) is 0 Å². The van der Waals surface area contributed by atoms with Crippen LogP contribution in [0.3, 0.4) is 0 Å². The highest BCUT2D eigenvalue weighted by molar-refractivity contribution is 6.84. The van der Waals surface area contributed by atoms with E-state index in [2.05, 4.69) is 39.7 Å². The van der Waals surface area contributed by atoms with E-state index in [1.807, 2.05) is 6.92 Å². The Hall–Kier alpha value is -0.219. The van der Waals surface area contributed by atoms with Gasteiger partial charge in [-0.2, -0.15) is 0 Å². The van der Waals surface area contributed by atoms with Crippen molar-refractivity contribution in [3.05, 3.63) is 12.7 Å². The molecule has 0 aliphatic heterocycles. The van der Waals surface area contributed by atoms with Crippen LogP contribution in [0.25, 0.3) is 0 Å². The van der Waals surface area contributed by atoms with E-state index >= 15 is 0 Å². The number of carbonyl (C=O) groups excluding carboxylic acids is 1. The summed E-state index contributed by atoms with van der Waals surface area (Å²) in [6.07, 6.45) is 2.36. The molecule has 19 heavy (non-hydrogen) atoms. The predicted octanol–water partition coefficient (Wildman–Crippen LogP) is 2.50. The van der Waals surface area contributed by atoms with E-state index in [0.717, 1.165) is 0 Å². The van der Waals surface area contributed by atoms with E-state index in [1.54, 1.807) is 0 Å². The summed E-state index contributed by atoms with van der Waals surface area (Å²) in [6.45, 7) is 15.7. The number of esters is 1. The summed E-state index contributed by atoms with van der Waals surface area (Å²) in [7, 11) is -4.68. The standard InChI is InChI=1S/C12H28O4Si3/c1-8-10-17-15-19(6,7)16-18(4,5)11(3)14-12(13)9-2/h9,11H,2,8,10,17H2,1,3-7H3. The molecule has 0 aromatic carbocycles. The van der Waals surface area contributed by atoms with Gasteiger partial charge in [0.05, 0.1) is 0 Å². The fourth-order valence-electron chi connectivity index (χ4n) is 1.57. The molecule has 0 radical (unpaired) electrons. The smallest absolute Gasteiger partial charge is 0.330 e. The minimum atomic E-state index is -2.11. The molecule has 0 aromatic heterocycles. The van der Waals surface area contributed by atoms with Crippen LogP contribution >= 0.6 is 0 Å². The summed E-state index contributed by atoms with van der Waals surface area (Å²) in [5.74, 6) is -0.391. The molecule has 0 fully saturated rings. The molecule has 0 rings (SSSR count). The lowest BCUT2D eigenvalue weighted by Crippen LogP contribution is -2.54. The summed E-state index contributed by atoms with van der Waals surface area (Å²) in [5.41, 5.74) is -0.207. The number of carbonyl (C=O) groups is 1. The van der Waals surface area contributed by atoms with E-state index in [0.29, 0.717) is 0 Å². The zero-order chi connectivity index (χ0) is 15.1. The van der Waals surface area contributed by atoms with Gasteiger partial charge in [-0.05, 0) is 39.2 Å². The fraction of sp³-hybridized carbons (Fsp3) is 0.750. The average molecular weight is 321 g/mol.